The van der Waals surface area contributed by atoms with Crippen LogP contribution in [0.2, 0.25) is 0 Å². The van der Waals surface area contributed by atoms with Crippen molar-refractivity contribution in [2.45, 2.75) is 17.6 Å². The van der Waals surface area contributed by atoms with Crippen LogP contribution in [0, 0.1) is 18.8 Å². The van der Waals surface area contributed by atoms with E-state index in [1.54, 1.807) is 18.9 Å². The minimum atomic E-state index is -0.126. The highest BCUT2D eigenvalue weighted by atomic mass is 32.2. The predicted octanol–water partition coefficient (Wildman–Crippen LogP) is 3.64. The van der Waals surface area contributed by atoms with E-state index in [2.05, 4.69) is 37.0 Å². The summed E-state index contributed by atoms with van der Waals surface area (Å²) in [5.74, 6) is 7.29. The molecular weight excluding hydrogens is 280 g/mol. The summed E-state index contributed by atoms with van der Waals surface area (Å²) in [6.07, 6.45) is 0. The largest absolute Gasteiger partial charge is 0.496 e. The van der Waals surface area contributed by atoms with Gasteiger partial charge in [-0.2, -0.15) is 0 Å². The van der Waals surface area contributed by atoms with Crippen molar-refractivity contribution < 1.29 is 9.84 Å². The number of benzene rings is 2. The standard InChI is InChI=1S/C18H18O2S/c1-14-6-3-4-8-18(14)21-13-16-12-15(7-5-11-19)9-10-17(16)20-2/h3-4,6,8-10,12,19H,11,13H2,1-2H3. The molecule has 0 spiro atoms. The Labute approximate surface area is 130 Å². The Kier molecular flexibility index (Phi) is 5.74. The average Bonchev–Trinajstić information content (AvgIpc) is 2.52. The van der Waals surface area contributed by atoms with Crippen LogP contribution in [0.1, 0.15) is 16.7 Å². The average molecular weight is 298 g/mol. The zero-order chi connectivity index (χ0) is 15.1. The second-order valence-electron chi connectivity index (χ2n) is 4.54. The third-order valence-corrected chi connectivity index (χ3v) is 4.29. The lowest BCUT2D eigenvalue weighted by atomic mass is 10.1. The predicted molar refractivity (Wildman–Crippen MR) is 87.7 cm³/mol. The molecule has 0 unspecified atom stereocenters. The highest BCUT2D eigenvalue weighted by Gasteiger charge is 2.06. The third-order valence-electron chi connectivity index (χ3n) is 3.07. The number of methoxy groups -OCH3 is 1. The number of hydrogen-bond acceptors (Lipinski definition) is 3. The summed E-state index contributed by atoms with van der Waals surface area (Å²) >= 11 is 1.78. The number of ether oxygens (including phenoxy) is 1. The topological polar surface area (TPSA) is 29.5 Å². The lowest BCUT2D eigenvalue weighted by Gasteiger charge is -2.10. The zero-order valence-corrected chi connectivity index (χ0v) is 13.0. The molecule has 0 bridgehead atoms. The van der Waals surface area contributed by atoms with Crippen LogP contribution in [0.15, 0.2) is 47.4 Å². The Morgan fingerprint density at radius 3 is 2.71 bits per heavy atom. The van der Waals surface area contributed by atoms with Crippen LogP contribution in [-0.4, -0.2) is 18.8 Å². The van der Waals surface area contributed by atoms with E-state index < -0.39 is 0 Å². The van der Waals surface area contributed by atoms with E-state index in [0.29, 0.717) is 0 Å². The van der Waals surface area contributed by atoms with Gasteiger partial charge in [0.05, 0.1) is 7.11 Å². The number of aliphatic hydroxyl groups is 1. The van der Waals surface area contributed by atoms with Crippen molar-refractivity contribution in [2.24, 2.45) is 0 Å². The van der Waals surface area contributed by atoms with Crippen molar-refractivity contribution >= 4 is 11.8 Å². The fourth-order valence-corrected chi connectivity index (χ4v) is 2.99. The van der Waals surface area contributed by atoms with Crippen molar-refractivity contribution in [1.29, 1.82) is 0 Å². The van der Waals surface area contributed by atoms with Crippen LogP contribution < -0.4 is 4.74 Å². The van der Waals surface area contributed by atoms with Crippen LogP contribution in [0.25, 0.3) is 0 Å². The molecule has 0 amide bonds. The third kappa shape index (κ3) is 4.29. The molecule has 2 rings (SSSR count). The summed E-state index contributed by atoms with van der Waals surface area (Å²) in [5.41, 5.74) is 3.28. The van der Waals surface area contributed by atoms with Crippen LogP contribution in [-0.2, 0) is 5.75 Å². The Bertz CT molecular complexity index is 668. The van der Waals surface area contributed by atoms with Crippen LogP contribution in [0.5, 0.6) is 5.75 Å². The number of aryl methyl sites for hydroxylation is 1. The number of thioether (sulfide) groups is 1. The first kappa shape index (κ1) is 15.5. The van der Waals surface area contributed by atoms with Gasteiger partial charge >= 0.3 is 0 Å². The van der Waals surface area contributed by atoms with Gasteiger partial charge < -0.3 is 9.84 Å². The summed E-state index contributed by atoms with van der Waals surface area (Å²) in [6, 6.07) is 14.2. The normalized spacial score (nSPS) is 9.86. The van der Waals surface area contributed by atoms with E-state index >= 15 is 0 Å². The Morgan fingerprint density at radius 2 is 2.00 bits per heavy atom. The molecule has 0 aliphatic carbocycles. The molecule has 0 radical (unpaired) electrons. The highest BCUT2D eigenvalue weighted by Crippen LogP contribution is 2.30. The maximum absolute atomic E-state index is 8.78. The Morgan fingerprint density at radius 1 is 1.19 bits per heavy atom. The molecular formula is C18H18O2S. The zero-order valence-electron chi connectivity index (χ0n) is 12.2. The second kappa shape index (κ2) is 7.78. The fraction of sp³-hybridized carbons (Fsp3) is 0.222. The van der Waals surface area contributed by atoms with E-state index in [-0.39, 0.29) is 6.61 Å². The first-order chi connectivity index (χ1) is 10.2. The summed E-state index contributed by atoms with van der Waals surface area (Å²) in [6.45, 7) is 1.99. The van der Waals surface area contributed by atoms with Gasteiger partial charge in [-0.15, -0.1) is 11.8 Å². The van der Waals surface area contributed by atoms with Gasteiger partial charge in [-0.05, 0) is 36.8 Å². The van der Waals surface area contributed by atoms with Gasteiger partial charge in [-0.1, -0.05) is 30.0 Å². The summed E-state index contributed by atoms with van der Waals surface area (Å²) in [4.78, 5) is 1.27. The molecule has 3 heteroatoms. The van der Waals surface area contributed by atoms with E-state index in [4.69, 9.17) is 9.84 Å². The first-order valence-corrected chi connectivity index (χ1v) is 7.68. The SMILES string of the molecule is COc1ccc(C#CCO)cc1CSc1ccccc1C. The molecule has 0 atom stereocenters. The molecule has 0 aliphatic rings. The lowest BCUT2D eigenvalue weighted by molar-refractivity contribution is 0.350. The molecule has 2 nitrogen and oxygen atoms in total. The van der Waals surface area contributed by atoms with Crippen LogP contribution in [0.3, 0.4) is 0 Å². The molecule has 108 valence electrons. The molecule has 0 aromatic heterocycles. The quantitative estimate of drug-likeness (QED) is 0.690. The monoisotopic (exact) mass is 298 g/mol. The molecule has 2 aromatic carbocycles. The summed E-state index contributed by atoms with van der Waals surface area (Å²) in [5, 5.41) is 8.78. The summed E-state index contributed by atoms with van der Waals surface area (Å²) in [7, 11) is 1.68. The van der Waals surface area contributed by atoms with E-state index in [0.717, 1.165) is 22.6 Å². The fourth-order valence-electron chi connectivity index (χ4n) is 1.98. The van der Waals surface area contributed by atoms with E-state index in [1.165, 1.54) is 10.5 Å². The van der Waals surface area contributed by atoms with Crippen LogP contribution in [0.4, 0.5) is 0 Å². The maximum atomic E-state index is 8.78. The van der Waals surface area contributed by atoms with E-state index in [9.17, 15) is 0 Å². The maximum Gasteiger partial charge on any atom is 0.122 e. The molecule has 0 heterocycles. The van der Waals surface area contributed by atoms with Gasteiger partial charge in [0.25, 0.3) is 0 Å². The molecule has 0 saturated carbocycles. The molecule has 0 aliphatic heterocycles. The second-order valence-corrected chi connectivity index (χ2v) is 5.56. The van der Waals surface area contributed by atoms with Crippen LogP contribution >= 0.6 is 11.8 Å². The first-order valence-electron chi connectivity index (χ1n) is 6.69. The minimum Gasteiger partial charge on any atom is -0.496 e. The molecule has 0 fully saturated rings. The van der Waals surface area contributed by atoms with Crippen molar-refractivity contribution in [3.05, 3.63) is 59.2 Å². The smallest absolute Gasteiger partial charge is 0.122 e. The van der Waals surface area contributed by atoms with Crippen molar-refractivity contribution in [1.82, 2.24) is 0 Å². The highest BCUT2D eigenvalue weighted by molar-refractivity contribution is 7.98. The molecule has 21 heavy (non-hydrogen) atoms. The number of rotatable bonds is 4. The van der Waals surface area contributed by atoms with Crippen molar-refractivity contribution in [3.8, 4) is 17.6 Å². The Balaban J connectivity index is 2.19. The lowest BCUT2D eigenvalue weighted by Crippen LogP contribution is -1.92. The molecule has 1 N–H and O–H groups in total. The minimum absolute atomic E-state index is 0.126. The van der Waals surface area contributed by atoms with Gasteiger partial charge in [-0.25, -0.2) is 0 Å². The molecule has 2 aromatic rings. The van der Waals surface area contributed by atoms with Gasteiger partial charge in [0.1, 0.15) is 12.4 Å². The van der Waals surface area contributed by atoms with Gasteiger partial charge in [0, 0.05) is 21.8 Å². The van der Waals surface area contributed by atoms with Gasteiger partial charge in [-0.3, -0.25) is 0 Å². The van der Waals surface area contributed by atoms with E-state index in [1.807, 2.05) is 24.3 Å². The van der Waals surface area contributed by atoms with Crippen molar-refractivity contribution in [3.63, 3.8) is 0 Å². The van der Waals surface area contributed by atoms with Gasteiger partial charge in [0.2, 0.25) is 0 Å². The van der Waals surface area contributed by atoms with Crippen molar-refractivity contribution in [2.75, 3.05) is 13.7 Å². The molecule has 0 saturated heterocycles. The summed E-state index contributed by atoms with van der Waals surface area (Å²) < 4.78 is 5.41. The Hall–Kier alpha value is -1.89. The number of hydrogen-bond donors (Lipinski definition) is 1. The number of aliphatic hydroxyl groups excluding tert-OH is 1. The van der Waals surface area contributed by atoms with Gasteiger partial charge in [0.15, 0.2) is 0 Å².